The second-order valence-electron chi connectivity index (χ2n) is 7.61. The van der Waals surface area contributed by atoms with Crippen LogP contribution in [0.25, 0.3) is 0 Å². The Morgan fingerprint density at radius 1 is 0.912 bits per heavy atom. The Labute approximate surface area is 200 Å². The second kappa shape index (κ2) is 15.7. The highest BCUT2D eigenvalue weighted by molar-refractivity contribution is 5.77. The lowest BCUT2D eigenvalue weighted by molar-refractivity contribution is -0.148. The van der Waals surface area contributed by atoms with E-state index < -0.39 is 36.2 Å². The highest BCUT2D eigenvalue weighted by Crippen LogP contribution is 2.30. The van der Waals surface area contributed by atoms with Crippen LogP contribution in [0, 0.1) is 0 Å². The van der Waals surface area contributed by atoms with Gasteiger partial charge in [0.1, 0.15) is 18.8 Å². The molecule has 1 rings (SSSR count). The Morgan fingerprint density at radius 3 is 2.18 bits per heavy atom. The lowest BCUT2D eigenvalue weighted by Gasteiger charge is -2.16. The van der Waals surface area contributed by atoms with Crippen molar-refractivity contribution in [3.63, 3.8) is 0 Å². The molecule has 2 atom stereocenters. The Morgan fingerprint density at radius 2 is 1.56 bits per heavy atom. The smallest absolute Gasteiger partial charge is 0.461 e. The fourth-order valence-corrected chi connectivity index (χ4v) is 2.62. The van der Waals surface area contributed by atoms with Crippen LogP contribution in [-0.2, 0) is 35.0 Å². The van der Waals surface area contributed by atoms with Crippen LogP contribution >= 0.6 is 0 Å². The van der Waals surface area contributed by atoms with Crippen LogP contribution in [0.15, 0.2) is 18.2 Å². The molecule has 0 aliphatic carbocycles. The molecule has 0 saturated carbocycles. The number of carbonyl (C=O) groups is 4. The number of benzene rings is 1. The number of ether oxygens (including phenoxy) is 5. The van der Waals surface area contributed by atoms with Crippen LogP contribution in [0.1, 0.15) is 65.4 Å². The van der Waals surface area contributed by atoms with E-state index in [-0.39, 0.29) is 44.0 Å². The molecule has 10 nitrogen and oxygen atoms in total. The average molecular weight is 482 g/mol. The van der Waals surface area contributed by atoms with Crippen LogP contribution in [0.3, 0.4) is 0 Å². The molecule has 34 heavy (non-hydrogen) atoms. The summed E-state index contributed by atoms with van der Waals surface area (Å²) in [5.74, 6) is -1.52. The van der Waals surface area contributed by atoms with Gasteiger partial charge in [-0.05, 0) is 37.5 Å². The van der Waals surface area contributed by atoms with Gasteiger partial charge in [-0.1, -0.05) is 39.7 Å². The summed E-state index contributed by atoms with van der Waals surface area (Å²) in [6.45, 7) is 6.97. The monoisotopic (exact) mass is 481 g/mol. The van der Waals surface area contributed by atoms with Crippen molar-refractivity contribution in [3.8, 4) is 11.5 Å². The zero-order valence-corrected chi connectivity index (χ0v) is 20.3. The Kier molecular flexibility index (Phi) is 13.3. The van der Waals surface area contributed by atoms with E-state index in [2.05, 4.69) is 0 Å². The zero-order valence-electron chi connectivity index (χ0n) is 20.3. The molecule has 0 amide bonds. The molecular weight excluding hydrogens is 446 g/mol. The molecule has 190 valence electrons. The quantitative estimate of drug-likeness (QED) is 0.238. The van der Waals surface area contributed by atoms with E-state index in [0.717, 1.165) is 19.3 Å². The van der Waals surface area contributed by atoms with Gasteiger partial charge < -0.3 is 29.4 Å². The van der Waals surface area contributed by atoms with Gasteiger partial charge in [0.2, 0.25) is 0 Å². The van der Waals surface area contributed by atoms with Crippen LogP contribution in [-0.4, -0.2) is 49.4 Å². The normalized spacial score (nSPS) is 12.3. The molecule has 1 aromatic rings. The third-order valence-corrected chi connectivity index (χ3v) is 4.52. The molecule has 0 aliphatic rings. The molecule has 0 radical (unpaired) electrons. The van der Waals surface area contributed by atoms with Gasteiger partial charge >= 0.3 is 24.1 Å². The summed E-state index contributed by atoms with van der Waals surface area (Å²) in [5.41, 5.74) is 6.52. The number of esters is 3. The third-order valence-electron chi connectivity index (χ3n) is 4.52. The van der Waals surface area contributed by atoms with Gasteiger partial charge in [-0.15, -0.1) is 0 Å². The van der Waals surface area contributed by atoms with Crippen LogP contribution < -0.4 is 15.2 Å². The first-order valence-corrected chi connectivity index (χ1v) is 11.5. The Balaban J connectivity index is 2.63. The molecule has 0 saturated heterocycles. The van der Waals surface area contributed by atoms with E-state index in [0.29, 0.717) is 5.56 Å². The van der Waals surface area contributed by atoms with Crippen molar-refractivity contribution in [1.29, 1.82) is 0 Å². The summed E-state index contributed by atoms with van der Waals surface area (Å²) in [6, 6.07) is 3.54. The standard InChI is InChI=1S/C24H35NO9/c1-5-8-9-12-30-24(29)32-16(4)15-31-23(28)18(25)13-17-10-11-19(33-21(26)6-2)20(14-17)34-22(27)7-3/h10-11,14,16,18H,5-9,12-13,15,25H2,1-4H3/t16-,18-/m0/s1. The largest absolute Gasteiger partial charge is 0.508 e. The number of unbranched alkanes of at least 4 members (excludes halogenated alkanes) is 2. The number of hydrogen-bond donors (Lipinski definition) is 1. The lowest BCUT2D eigenvalue weighted by Crippen LogP contribution is -2.36. The number of hydrogen-bond acceptors (Lipinski definition) is 10. The predicted octanol–water partition coefficient (Wildman–Crippen LogP) is 3.46. The van der Waals surface area contributed by atoms with E-state index in [1.54, 1.807) is 26.8 Å². The first-order chi connectivity index (χ1) is 16.2. The van der Waals surface area contributed by atoms with Crippen molar-refractivity contribution in [1.82, 2.24) is 0 Å². The topological polar surface area (TPSA) is 140 Å². The van der Waals surface area contributed by atoms with Gasteiger partial charge in [0.05, 0.1) is 6.61 Å². The summed E-state index contributed by atoms with van der Waals surface area (Å²) >= 11 is 0. The van der Waals surface area contributed by atoms with E-state index in [4.69, 9.17) is 29.4 Å². The maximum atomic E-state index is 12.3. The fraction of sp³-hybridized carbons (Fsp3) is 0.583. The lowest BCUT2D eigenvalue weighted by atomic mass is 10.1. The fourth-order valence-electron chi connectivity index (χ4n) is 2.62. The molecule has 2 N–H and O–H groups in total. The van der Waals surface area contributed by atoms with Gasteiger partial charge in [-0.2, -0.15) is 0 Å². The van der Waals surface area contributed by atoms with Gasteiger partial charge in [0.25, 0.3) is 0 Å². The van der Waals surface area contributed by atoms with Crippen LogP contribution in [0.5, 0.6) is 11.5 Å². The molecular formula is C24H35NO9. The zero-order chi connectivity index (χ0) is 25.5. The molecule has 0 unspecified atom stereocenters. The van der Waals surface area contributed by atoms with Crippen molar-refractivity contribution in [2.24, 2.45) is 5.73 Å². The molecule has 0 bridgehead atoms. The minimum absolute atomic E-state index is 0.0613. The highest BCUT2D eigenvalue weighted by atomic mass is 16.7. The van der Waals surface area contributed by atoms with E-state index in [1.165, 1.54) is 12.1 Å². The van der Waals surface area contributed by atoms with E-state index in [9.17, 15) is 19.2 Å². The molecule has 0 aliphatic heterocycles. The van der Waals surface area contributed by atoms with Crippen molar-refractivity contribution >= 4 is 24.1 Å². The van der Waals surface area contributed by atoms with E-state index >= 15 is 0 Å². The van der Waals surface area contributed by atoms with E-state index in [1.807, 2.05) is 6.92 Å². The first-order valence-electron chi connectivity index (χ1n) is 11.5. The summed E-state index contributed by atoms with van der Waals surface area (Å²) in [5, 5.41) is 0. The van der Waals surface area contributed by atoms with Crippen molar-refractivity contribution < 1.29 is 42.9 Å². The Bertz CT molecular complexity index is 825. The minimum atomic E-state index is -1.02. The maximum Gasteiger partial charge on any atom is 0.508 e. The van der Waals surface area contributed by atoms with Gasteiger partial charge in [-0.3, -0.25) is 14.4 Å². The second-order valence-corrected chi connectivity index (χ2v) is 7.61. The minimum Gasteiger partial charge on any atom is -0.461 e. The van der Waals surface area contributed by atoms with Crippen molar-refractivity contribution in [2.75, 3.05) is 13.2 Å². The number of carbonyl (C=O) groups excluding carboxylic acids is 4. The molecule has 0 heterocycles. The Hall–Kier alpha value is -3.14. The molecule has 0 fully saturated rings. The van der Waals surface area contributed by atoms with Crippen LogP contribution in [0.4, 0.5) is 4.79 Å². The number of rotatable bonds is 14. The number of nitrogens with two attached hydrogens (primary N) is 1. The molecule has 10 heteroatoms. The average Bonchev–Trinajstić information content (AvgIpc) is 2.81. The van der Waals surface area contributed by atoms with Gasteiger partial charge in [0, 0.05) is 12.8 Å². The van der Waals surface area contributed by atoms with Gasteiger partial charge in [0.15, 0.2) is 11.5 Å². The predicted molar refractivity (Wildman–Crippen MR) is 122 cm³/mol. The summed E-state index contributed by atoms with van der Waals surface area (Å²) < 4.78 is 25.5. The van der Waals surface area contributed by atoms with Crippen LogP contribution in [0.2, 0.25) is 0 Å². The first kappa shape index (κ1) is 28.9. The SMILES string of the molecule is CCCCCOC(=O)O[C@@H](C)COC(=O)[C@@H](N)Cc1ccc(OC(=O)CC)c(OC(=O)CC)c1. The summed E-state index contributed by atoms with van der Waals surface area (Å²) in [6.07, 6.45) is 1.55. The molecule has 0 spiro atoms. The molecule has 1 aromatic carbocycles. The van der Waals surface area contributed by atoms with Gasteiger partial charge in [-0.25, -0.2) is 4.79 Å². The third kappa shape index (κ3) is 11.1. The highest BCUT2D eigenvalue weighted by Gasteiger charge is 2.20. The molecule has 0 aromatic heterocycles. The van der Waals surface area contributed by atoms with Crippen molar-refractivity contribution in [3.05, 3.63) is 23.8 Å². The van der Waals surface area contributed by atoms with Crippen molar-refractivity contribution in [2.45, 2.75) is 78.4 Å². The summed E-state index contributed by atoms with van der Waals surface area (Å²) in [4.78, 5) is 47.2. The maximum absolute atomic E-state index is 12.3. The summed E-state index contributed by atoms with van der Waals surface area (Å²) in [7, 11) is 0.